The number of rotatable bonds is 7. The molecule has 0 spiro atoms. The van der Waals surface area contributed by atoms with Crippen LogP contribution >= 0.6 is 0 Å². The standard InChI is InChI=1S/C20H28N4O4/c1-12(2)14-6-8-15(9-7-14)20(5)18(27)24(19(28)23-20)11-17(26)21-10-16(25)22-13(3)4/h6-9,12-13H,10-11H2,1-5H3,(H,21,26)(H,22,25)(H,23,28)/t20-/m0/s1. The maximum Gasteiger partial charge on any atom is 0.325 e. The molecule has 1 fully saturated rings. The van der Waals surface area contributed by atoms with Crippen LogP contribution in [0.1, 0.15) is 51.7 Å². The van der Waals surface area contributed by atoms with Gasteiger partial charge in [-0.1, -0.05) is 38.1 Å². The number of nitrogens with one attached hydrogen (secondary N) is 3. The first kappa shape index (κ1) is 21.4. The molecular weight excluding hydrogens is 360 g/mol. The van der Waals surface area contributed by atoms with Crippen LogP contribution in [-0.2, 0) is 19.9 Å². The van der Waals surface area contributed by atoms with Crippen molar-refractivity contribution in [1.29, 1.82) is 0 Å². The molecule has 0 aliphatic carbocycles. The minimum atomic E-state index is -1.23. The van der Waals surface area contributed by atoms with E-state index < -0.39 is 29.9 Å². The van der Waals surface area contributed by atoms with Crippen LogP contribution in [0.4, 0.5) is 4.79 Å². The highest BCUT2D eigenvalue weighted by Gasteiger charge is 2.49. The molecule has 3 N–H and O–H groups in total. The summed E-state index contributed by atoms with van der Waals surface area (Å²) in [5.74, 6) is -1.07. The highest BCUT2D eigenvalue weighted by atomic mass is 16.2. The highest BCUT2D eigenvalue weighted by molar-refractivity contribution is 6.09. The minimum absolute atomic E-state index is 0.0434. The number of amides is 5. The maximum atomic E-state index is 12.9. The van der Waals surface area contributed by atoms with E-state index in [-0.39, 0.29) is 18.5 Å². The number of carbonyl (C=O) groups is 4. The van der Waals surface area contributed by atoms with Crippen LogP contribution < -0.4 is 16.0 Å². The van der Waals surface area contributed by atoms with Gasteiger partial charge in [0.15, 0.2) is 0 Å². The van der Waals surface area contributed by atoms with E-state index in [9.17, 15) is 19.2 Å². The highest BCUT2D eigenvalue weighted by Crippen LogP contribution is 2.29. The zero-order valence-electron chi connectivity index (χ0n) is 17.0. The van der Waals surface area contributed by atoms with E-state index in [1.165, 1.54) is 0 Å². The van der Waals surface area contributed by atoms with Gasteiger partial charge in [0.25, 0.3) is 5.91 Å². The first-order valence-electron chi connectivity index (χ1n) is 9.35. The lowest BCUT2D eigenvalue weighted by Gasteiger charge is -2.22. The van der Waals surface area contributed by atoms with Crippen LogP contribution in [0.15, 0.2) is 24.3 Å². The molecule has 5 amide bonds. The quantitative estimate of drug-likeness (QED) is 0.610. The fourth-order valence-corrected chi connectivity index (χ4v) is 2.99. The third kappa shape index (κ3) is 4.68. The molecule has 1 atom stereocenters. The summed E-state index contributed by atoms with van der Waals surface area (Å²) in [6, 6.07) is 6.79. The fourth-order valence-electron chi connectivity index (χ4n) is 2.99. The van der Waals surface area contributed by atoms with Crippen molar-refractivity contribution in [2.45, 2.75) is 52.1 Å². The summed E-state index contributed by atoms with van der Waals surface area (Å²) in [7, 11) is 0. The van der Waals surface area contributed by atoms with Crippen LogP contribution in [0.25, 0.3) is 0 Å². The number of nitrogens with zero attached hydrogens (tertiary/aromatic N) is 1. The largest absolute Gasteiger partial charge is 0.352 e. The topological polar surface area (TPSA) is 108 Å². The van der Waals surface area contributed by atoms with Crippen molar-refractivity contribution in [1.82, 2.24) is 20.9 Å². The Balaban J connectivity index is 2.04. The second kappa shape index (κ2) is 8.41. The van der Waals surface area contributed by atoms with Gasteiger partial charge in [-0.25, -0.2) is 4.79 Å². The van der Waals surface area contributed by atoms with E-state index in [2.05, 4.69) is 29.8 Å². The molecule has 2 rings (SSSR count). The van der Waals surface area contributed by atoms with Crippen LogP contribution in [0.3, 0.4) is 0 Å². The predicted octanol–water partition coefficient (Wildman–Crippen LogP) is 1.22. The Kier molecular flexibility index (Phi) is 6.43. The van der Waals surface area contributed by atoms with Crippen molar-refractivity contribution in [3.8, 4) is 0 Å². The van der Waals surface area contributed by atoms with E-state index in [1.54, 1.807) is 6.92 Å². The average Bonchev–Trinajstić information content (AvgIpc) is 2.83. The monoisotopic (exact) mass is 388 g/mol. The van der Waals surface area contributed by atoms with Crippen molar-refractivity contribution >= 4 is 23.8 Å². The number of benzene rings is 1. The molecule has 28 heavy (non-hydrogen) atoms. The van der Waals surface area contributed by atoms with Crippen molar-refractivity contribution in [3.63, 3.8) is 0 Å². The lowest BCUT2D eigenvalue weighted by atomic mass is 9.90. The van der Waals surface area contributed by atoms with Crippen molar-refractivity contribution < 1.29 is 19.2 Å². The number of urea groups is 1. The number of hydrogen-bond acceptors (Lipinski definition) is 4. The molecule has 8 heteroatoms. The third-order valence-corrected chi connectivity index (χ3v) is 4.63. The van der Waals surface area contributed by atoms with Gasteiger partial charge in [0.2, 0.25) is 11.8 Å². The molecule has 1 heterocycles. The Labute approximate surface area is 165 Å². The van der Waals surface area contributed by atoms with Crippen LogP contribution in [0.5, 0.6) is 0 Å². The molecule has 1 saturated heterocycles. The van der Waals surface area contributed by atoms with Gasteiger partial charge in [-0.2, -0.15) is 0 Å². The molecule has 1 aromatic carbocycles. The molecule has 0 radical (unpaired) electrons. The summed E-state index contributed by atoms with van der Waals surface area (Å²) in [6.07, 6.45) is 0. The Bertz CT molecular complexity index is 773. The van der Waals surface area contributed by atoms with Gasteiger partial charge in [-0.05, 0) is 37.8 Å². The lowest BCUT2D eigenvalue weighted by molar-refractivity contribution is -0.135. The van der Waals surface area contributed by atoms with Gasteiger partial charge in [-0.15, -0.1) is 0 Å². The van der Waals surface area contributed by atoms with Gasteiger partial charge in [0, 0.05) is 6.04 Å². The van der Waals surface area contributed by atoms with E-state index >= 15 is 0 Å². The molecule has 1 aliphatic rings. The van der Waals surface area contributed by atoms with Crippen LogP contribution in [0, 0.1) is 0 Å². The number of hydrogen-bond donors (Lipinski definition) is 3. The van der Waals surface area contributed by atoms with Crippen LogP contribution in [0.2, 0.25) is 0 Å². The Hall–Kier alpha value is -2.90. The summed E-state index contributed by atoms with van der Waals surface area (Å²) >= 11 is 0. The van der Waals surface area contributed by atoms with Crippen LogP contribution in [-0.4, -0.2) is 47.8 Å². The fraction of sp³-hybridized carbons (Fsp3) is 0.500. The van der Waals surface area contributed by atoms with Gasteiger partial charge in [0.05, 0.1) is 6.54 Å². The predicted molar refractivity (Wildman–Crippen MR) is 104 cm³/mol. The van der Waals surface area contributed by atoms with Gasteiger partial charge < -0.3 is 16.0 Å². The molecule has 1 aliphatic heterocycles. The molecule has 1 aromatic rings. The summed E-state index contributed by atoms with van der Waals surface area (Å²) < 4.78 is 0. The summed E-state index contributed by atoms with van der Waals surface area (Å²) in [6.45, 7) is 8.71. The summed E-state index contributed by atoms with van der Waals surface area (Å²) in [5.41, 5.74) is 0.538. The smallest absolute Gasteiger partial charge is 0.325 e. The Morgan fingerprint density at radius 3 is 2.21 bits per heavy atom. The molecule has 0 aromatic heterocycles. The van der Waals surface area contributed by atoms with Crippen molar-refractivity contribution in [2.75, 3.05) is 13.1 Å². The maximum absolute atomic E-state index is 12.9. The van der Waals surface area contributed by atoms with Gasteiger partial charge >= 0.3 is 6.03 Å². The molecule has 0 saturated carbocycles. The molecule has 0 bridgehead atoms. The summed E-state index contributed by atoms with van der Waals surface area (Å²) in [5, 5.41) is 7.73. The van der Waals surface area contributed by atoms with E-state index in [0.29, 0.717) is 11.5 Å². The zero-order valence-corrected chi connectivity index (χ0v) is 17.0. The van der Waals surface area contributed by atoms with E-state index in [1.807, 2.05) is 38.1 Å². The molecule has 8 nitrogen and oxygen atoms in total. The van der Waals surface area contributed by atoms with Gasteiger partial charge in [0.1, 0.15) is 12.1 Å². The normalized spacial score (nSPS) is 19.2. The zero-order chi connectivity index (χ0) is 21.1. The second-order valence-corrected chi connectivity index (χ2v) is 7.72. The minimum Gasteiger partial charge on any atom is -0.352 e. The van der Waals surface area contributed by atoms with E-state index in [0.717, 1.165) is 10.5 Å². The second-order valence-electron chi connectivity index (χ2n) is 7.72. The lowest BCUT2D eigenvalue weighted by Crippen LogP contribution is -2.45. The van der Waals surface area contributed by atoms with Crippen molar-refractivity contribution in [2.24, 2.45) is 0 Å². The number of imide groups is 1. The first-order valence-corrected chi connectivity index (χ1v) is 9.35. The Morgan fingerprint density at radius 1 is 1.07 bits per heavy atom. The van der Waals surface area contributed by atoms with Crippen molar-refractivity contribution in [3.05, 3.63) is 35.4 Å². The van der Waals surface area contributed by atoms with E-state index in [4.69, 9.17) is 0 Å². The van der Waals surface area contributed by atoms with Gasteiger partial charge in [-0.3, -0.25) is 19.3 Å². The Morgan fingerprint density at radius 2 is 1.68 bits per heavy atom. The molecular formula is C20H28N4O4. The average molecular weight is 388 g/mol. The molecule has 152 valence electrons. The number of carbonyl (C=O) groups excluding carboxylic acids is 4. The summed E-state index contributed by atoms with van der Waals surface area (Å²) in [4.78, 5) is 49.7. The molecule has 0 unspecified atom stereocenters. The third-order valence-electron chi connectivity index (χ3n) is 4.63. The SMILES string of the molecule is CC(C)NC(=O)CNC(=O)CN1C(=O)N[C@@](C)(c2ccc(C(C)C)cc2)C1=O. The first-order chi connectivity index (χ1) is 13.0.